The molecular formula is C31H37FNO2Si. The van der Waals surface area contributed by atoms with Gasteiger partial charge in [-0.25, -0.2) is 4.39 Å². The number of rotatable bonds is 10. The predicted molar refractivity (Wildman–Crippen MR) is 149 cm³/mol. The molecule has 1 heterocycles. The number of fused-ring (bicyclic) bond motifs is 1. The lowest BCUT2D eigenvalue weighted by atomic mass is 9.90. The molecular weight excluding hydrogens is 465 g/mol. The largest absolute Gasteiger partial charge is 0.488 e. The van der Waals surface area contributed by atoms with Gasteiger partial charge in [0.05, 0.1) is 20.9 Å². The van der Waals surface area contributed by atoms with E-state index in [-0.39, 0.29) is 16.3 Å². The molecule has 0 saturated carbocycles. The molecule has 1 radical (unpaired) electrons. The molecule has 4 aromatic rings. The van der Waals surface area contributed by atoms with Crippen molar-refractivity contribution in [2.75, 3.05) is 13.2 Å². The van der Waals surface area contributed by atoms with Crippen LogP contribution in [0, 0.1) is 5.82 Å². The summed E-state index contributed by atoms with van der Waals surface area (Å²) in [6, 6.07) is 25.2. The molecule has 0 aliphatic heterocycles. The summed E-state index contributed by atoms with van der Waals surface area (Å²) in [7, 11) is -0.484. The Kier molecular flexibility index (Phi) is 7.72. The topological polar surface area (TPSA) is 23.4 Å². The maximum Gasteiger partial charge on any atom is 0.129 e. The first-order chi connectivity index (χ1) is 17.1. The molecule has 36 heavy (non-hydrogen) atoms. The Bertz CT molecular complexity index is 1290. The zero-order chi connectivity index (χ0) is 25.9. The van der Waals surface area contributed by atoms with Crippen LogP contribution in [0.4, 0.5) is 4.39 Å². The Morgan fingerprint density at radius 2 is 1.53 bits per heavy atom. The summed E-state index contributed by atoms with van der Waals surface area (Å²) in [6.45, 7) is 15.5. The minimum absolute atomic E-state index is 0.197. The molecule has 3 nitrogen and oxygen atoms in total. The second-order valence-electron chi connectivity index (χ2n) is 11.1. The molecule has 0 bridgehead atoms. The number of halogens is 1. The molecule has 4 rings (SSSR count). The number of ether oxygens (including phenoxy) is 2. The number of hydrogen-bond donors (Lipinski definition) is 0. The summed E-state index contributed by atoms with van der Waals surface area (Å²) < 4.78 is 28.6. The second-order valence-corrected chi connectivity index (χ2v) is 14.4. The molecule has 3 aromatic carbocycles. The molecule has 0 spiro atoms. The SMILES string of the molecule is C[Si](C)C(C)(C)COCC(C)(C)c1cc2c(OCc3ccccc3)cccc2n1-c1ccc(F)cc1. The Morgan fingerprint density at radius 1 is 0.833 bits per heavy atom. The van der Waals surface area contributed by atoms with Crippen LogP contribution in [0.3, 0.4) is 0 Å². The van der Waals surface area contributed by atoms with Crippen LogP contribution in [-0.4, -0.2) is 26.6 Å². The fourth-order valence-corrected chi connectivity index (χ4v) is 4.60. The average Bonchev–Trinajstić information content (AvgIpc) is 3.25. The summed E-state index contributed by atoms with van der Waals surface area (Å²) in [5, 5.41) is 1.23. The molecule has 5 heteroatoms. The van der Waals surface area contributed by atoms with Crippen molar-refractivity contribution in [3.63, 3.8) is 0 Å². The van der Waals surface area contributed by atoms with Crippen molar-refractivity contribution in [3.05, 3.63) is 95.9 Å². The lowest BCUT2D eigenvalue weighted by Gasteiger charge is -2.32. The van der Waals surface area contributed by atoms with Gasteiger partial charge in [-0.2, -0.15) is 0 Å². The van der Waals surface area contributed by atoms with Crippen molar-refractivity contribution >= 4 is 19.7 Å². The average molecular weight is 503 g/mol. The first-order valence-corrected chi connectivity index (χ1v) is 15.0. The van der Waals surface area contributed by atoms with Gasteiger partial charge in [0.1, 0.15) is 18.2 Å². The maximum absolute atomic E-state index is 13.8. The lowest BCUT2D eigenvalue weighted by Crippen LogP contribution is -2.32. The fraction of sp³-hybridized carbons (Fsp3) is 0.355. The van der Waals surface area contributed by atoms with E-state index in [1.807, 2.05) is 42.5 Å². The van der Waals surface area contributed by atoms with E-state index in [4.69, 9.17) is 9.47 Å². The first-order valence-electron chi connectivity index (χ1n) is 12.5. The van der Waals surface area contributed by atoms with E-state index in [9.17, 15) is 4.39 Å². The van der Waals surface area contributed by atoms with Crippen molar-refractivity contribution < 1.29 is 13.9 Å². The van der Waals surface area contributed by atoms with Crippen molar-refractivity contribution in [2.24, 2.45) is 0 Å². The standard InChI is InChI=1S/C31H37FNO2Si/c1-30(2,21-34-22-31(3,4)36(5)6)29-19-26-27(33(29)25-17-15-24(32)16-18-25)13-10-14-28(26)35-20-23-11-8-7-9-12-23/h7-19H,20-22H2,1-6H3. The smallest absolute Gasteiger partial charge is 0.129 e. The Balaban J connectivity index is 1.73. The molecule has 1 aromatic heterocycles. The van der Waals surface area contributed by atoms with Crippen LogP contribution < -0.4 is 4.74 Å². The molecule has 0 saturated heterocycles. The molecule has 0 amide bonds. The van der Waals surface area contributed by atoms with E-state index < -0.39 is 8.80 Å². The van der Waals surface area contributed by atoms with Crippen LogP contribution in [0.25, 0.3) is 16.6 Å². The van der Waals surface area contributed by atoms with Gasteiger partial charge in [-0.1, -0.05) is 77.2 Å². The number of benzene rings is 3. The highest BCUT2D eigenvalue weighted by atomic mass is 28.3. The van der Waals surface area contributed by atoms with Crippen molar-refractivity contribution in [2.45, 2.75) is 57.8 Å². The molecule has 0 fully saturated rings. The van der Waals surface area contributed by atoms with E-state index in [1.165, 1.54) is 12.1 Å². The monoisotopic (exact) mass is 502 g/mol. The van der Waals surface area contributed by atoms with Gasteiger partial charge >= 0.3 is 0 Å². The molecule has 0 N–H and O–H groups in total. The molecule has 0 unspecified atom stereocenters. The van der Waals surface area contributed by atoms with Crippen LogP contribution >= 0.6 is 0 Å². The summed E-state index contributed by atoms with van der Waals surface area (Å²) in [4.78, 5) is 0. The molecule has 0 atom stereocenters. The van der Waals surface area contributed by atoms with Gasteiger partial charge in [-0.3, -0.25) is 0 Å². The summed E-state index contributed by atoms with van der Waals surface area (Å²) in [6.07, 6.45) is 0. The van der Waals surface area contributed by atoms with Crippen LogP contribution in [-0.2, 0) is 16.8 Å². The number of nitrogens with zero attached hydrogens (tertiary/aromatic N) is 1. The van der Waals surface area contributed by atoms with E-state index in [0.29, 0.717) is 13.2 Å². The van der Waals surface area contributed by atoms with Crippen LogP contribution in [0.15, 0.2) is 78.9 Å². The van der Waals surface area contributed by atoms with Gasteiger partial charge < -0.3 is 14.0 Å². The number of hydrogen-bond acceptors (Lipinski definition) is 2. The second kappa shape index (κ2) is 10.6. The Hall–Kier alpha value is -2.89. The van der Waals surface area contributed by atoms with Crippen LogP contribution in [0.5, 0.6) is 5.75 Å². The highest BCUT2D eigenvalue weighted by Gasteiger charge is 2.30. The van der Waals surface area contributed by atoms with E-state index >= 15 is 0 Å². The summed E-state index contributed by atoms with van der Waals surface area (Å²) >= 11 is 0. The van der Waals surface area contributed by atoms with E-state index in [1.54, 1.807) is 0 Å². The van der Waals surface area contributed by atoms with Gasteiger partial charge in [0.15, 0.2) is 0 Å². The Morgan fingerprint density at radius 3 is 2.19 bits per heavy atom. The van der Waals surface area contributed by atoms with Gasteiger partial charge in [-0.15, -0.1) is 0 Å². The zero-order valence-electron chi connectivity index (χ0n) is 22.3. The third kappa shape index (κ3) is 5.74. The van der Waals surface area contributed by atoms with Crippen molar-refractivity contribution in [3.8, 4) is 11.4 Å². The van der Waals surface area contributed by atoms with Crippen LogP contribution in [0.2, 0.25) is 18.1 Å². The molecule has 0 aliphatic carbocycles. The summed E-state index contributed by atoms with van der Waals surface area (Å²) in [5.41, 5.74) is 3.90. The van der Waals surface area contributed by atoms with Gasteiger partial charge in [-0.05, 0) is 53.1 Å². The van der Waals surface area contributed by atoms with Crippen LogP contribution in [0.1, 0.15) is 39.0 Å². The van der Waals surface area contributed by atoms with Gasteiger partial charge in [0, 0.05) is 28.8 Å². The predicted octanol–water partition coefficient (Wildman–Crippen LogP) is 8.18. The third-order valence-electron chi connectivity index (χ3n) is 7.10. The summed E-state index contributed by atoms with van der Waals surface area (Å²) in [5.74, 6) is 0.589. The molecule has 0 aliphatic rings. The van der Waals surface area contributed by atoms with E-state index in [2.05, 4.69) is 69.6 Å². The van der Waals surface area contributed by atoms with E-state index in [0.717, 1.165) is 40.2 Å². The normalized spacial score (nSPS) is 12.4. The lowest BCUT2D eigenvalue weighted by molar-refractivity contribution is 0.0768. The fourth-order valence-electron chi connectivity index (χ4n) is 4.21. The van der Waals surface area contributed by atoms with Gasteiger partial charge in [0.25, 0.3) is 0 Å². The highest BCUT2D eigenvalue weighted by molar-refractivity contribution is 6.59. The zero-order valence-corrected chi connectivity index (χ0v) is 23.3. The molecule has 189 valence electrons. The quantitative estimate of drug-likeness (QED) is 0.204. The first kappa shape index (κ1) is 26.2. The highest BCUT2D eigenvalue weighted by Crippen LogP contribution is 2.38. The Labute approximate surface area is 216 Å². The third-order valence-corrected chi connectivity index (χ3v) is 9.95. The minimum Gasteiger partial charge on any atom is -0.488 e. The minimum atomic E-state index is -0.484. The van der Waals surface area contributed by atoms with Crippen molar-refractivity contribution in [1.29, 1.82) is 0 Å². The van der Waals surface area contributed by atoms with Crippen molar-refractivity contribution in [1.82, 2.24) is 4.57 Å². The number of aromatic nitrogens is 1. The maximum atomic E-state index is 13.8. The van der Waals surface area contributed by atoms with Gasteiger partial charge in [0.2, 0.25) is 0 Å².